The van der Waals surface area contributed by atoms with E-state index in [0.29, 0.717) is 12.1 Å². The number of hydrogen-bond acceptors (Lipinski definition) is 1. The molecular weight excluding hydrogens is 318 g/mol. The van der Waals surface area contributed by atoms with Gasteiger partial charge in [-0.3, -0.25) is 4.79 Å². The van der Waals surface area contributed by atoms with Crippen molar-refractivity contribution in [3.8, 4) is 0 Å². The van der Waals surface area contributed by atoms with Crippen LogP contribution in [0.3, 0.4) is 0 Å². The maximum atomic E-state index is 13.3. The average molecular weight is 321 g/mol. The van der Waals surface area contributed by atoms with Gasteiger partial charge in [-0.2, -0.15) is 13.2 Å². The lowest BCUT2D eigenvalue weighted by Gasteiger charge is -2.13. The molecule has 0 bridgehead atoms. The lowest BCUT2D eigenvalue weighted by Crippen LogP contribution is -2.20. The average Bonchev–Trinajstić information content (AvgIpc) is 2.19. The third kappa shape index (κ3) is 2.80. The quantitative estimate of drug-likeness (QED) is 0.593. The molecule has 94 valence electrons. The molecule has 1 nitrogen and oxygen atoms in total. The Morgan fingerprint density at radius 3 is 2.18 bits per heavy atom. The van der Waals surface area contributed by atoms with Crippen molar-refractivity contribution in [2.24, 2.45) is 0 Å². The fraction of sp³-hybridized carbons (Fsp3) is 0.222. The van der Waals surface area contributed by atoms with Crippen molar-refractivity contribution in [1.82, 2.24) is 0 Å². The highest BCUT2D eigenvalue weighted by Crippen LogP contribution is 2.36. The van der Waals surface area contributed by atoms with Gasteiger partial charge >= 0.3 is 12.6 Å². The molecule has 8 heteroatoms. The van der Waals surface area contributed by atoms with Gasteiger partial charge in [0.1, 0.15) is 5.82 Å². The van der Waals surface area contributed by atoms with E-state index in [0.717, 1.165) is 0 Å². The smallest absolute Gasteiger partial charge is 0.288 e. The van der Waals surface area contributed by atoms with E-state index in [1.54, 1.807) is 0 Å². The van der Waals surface area contributed by atoms with Gasteiger partial charge in [0.2, 0.25) is 5.78 Å². The molecule has 0 aliphatic carbocycles. The normalized spacial score (nSPS) is 12.0. The third-order valence-corrected chi connectivity index (χ3v) is 2.46. The Kier molecular flexibility index (Phi) is 3.85. The summed E-state index contributed by atoms with van der Waals surface area (Å²) in [6, 6.07) is 1.06. The zero-order valence-corrected chi connectivity index (χ0v) is 9.37. The second-order valence-electron chi connectivity index (χ2n) is 2.95. The van der Waals surface area contributed by atoms with Crippen LogP contribution in [0, 0.1) is 5.82 Å². The van der Waals surface area contributed by atoms with Gasteiger partial charge in [0.15, 0.2) is 0 Å². The molecule has 0 fully saturated rings. The van der Waals surface area contributed by atoms with Crippen LogP contribution in [0.1, 0.15) is 15.9 Å². The molecular formula is C9H3BrF6O. The van der Waals surface area contributed by atoms with Crippen LogP contribution in [-0.4, -0.2) is 12.2 Å². The maximum Gasteiger partial charge on any atom is 0.417 e. The van der Waals surface area contributed by atoms with E-state index in [1.165, 1.54) is 0 Å². The van der Waals surface area contributed by atoms with Gasteiger partial charge in [-0.15, -0.1) is 0 Å². The highest BCUT2D eigenvalue weighted by Gasteiger charge is 2.39. The monoisotopic (exact) mass is 320 g/mol. The summed E-state index contributed by atoms with van der Waals surface area (Å²) in [5, 5.41) is 0. The van der Waals surface area contributed by atoms with Crippen LogP contribution in [0.25, 0.3) is 0 Å². The van der Waals surface area contributed by atoms with Crippen molar-refractivity contribution in [2.75, 3.05) is 0 Å². The van der Waals surface area contributed by atoms with E-state index in [9.17, 15) is 31.1 Å². The Labute approximate surface area is 99.5 Å². The number of carbonyl (C=O) groups is 1. The molecule has 0 aromatic heterocycles. The second kappa shape index (κ2) is 4.67. The summed E-state index contributed by atoms with van der Waals surface area (Å²) < 4.78 is 74.2. The Bertz CT molecular complexity index is 454. The molecule has 0 N–H and O–H groups in total. The number of rotatable bonds is 2. The number of alkyl halides is 5. The standard InChI is InChI=1S/C9H3BrF6O/c10-4-2-1-3(9(14,15)16)5(6(4)11)7(17)8(12)13/h1-2,8H. The summed E-state index contributed by atoms with van der Waals surface area (Å²) in [6.45, 7) is 0. The SMILES string of the molecule is O=C(c1c(C(F)(F)F)ccc(Br)c1F)C(F)F. The van der Waals surface area contributed by atoms with Gasteiger partial charge in [0.25, 0.3) is 0 Å². The predicted molar refractivity (Wildman–Crippen MR) is 49.4 cm³/mol. The van der Waals surface area contributed by atoms with Crippen molar-refractivity contribution in [3.63, 3.8) is 0 Å². The molecule has 0 amide bonds. The van der Waals surface area contributed by atoms with E-state index in [-0.39, 0.29) is 0 Å². The van der Waals surface area contributed by atoms with Crippen LogP contribution in [0.4, 0.5) is 26.3 Å². The molecule has 0 atom stereocenters. The first kappa shape index (κ1) is 14.0. The minimum atomic E-state index is -5.08. The zero-order valence-electron chi connectivity index (χ0n) is 7.79. The van der Waals surface area contributed by atoms with Crippen LogP contribution in [-0.2, 0) is 6.18 Å². The van der Waals surface area contributed by atoms with Crippen LogP contribution in [0.5, 0.6) is 0 Å². The molecule has 1 aromatic rings. The first-order valence-corrected chi connectivity index (χ1v) is 4.83. The van der Waals surface area contributed by atoms with Gasteiger partial charge in [0, 0.05) is 0 Å². The number of carbonyl (C=O) groups excluding carboxylic acids is 1. The van der Waals surface area contributed by atoms with E-state index < -0.39 is 39.8 Å². The summed E-state index contributed by atoms with van der Waals surface area (Å²) in [4.78, 5) is 10.9. The highest BCUT2D eigenvalue weighted by atomic mass is 79.9. The molecule has 0 aliphatic rings. The van der Waals surface area contributed by atoms with Crippen LogP contribution in [0.15, 0.2) is 16.6 Å². The van der Waals surface area contributed by atoms with Gasteiger partial charge in [-0.1, -0.05) is 0 Å². The third-order valence-electron chi connectivity index (χ3n) is 1.84. The summed E-state index contributed by atoms with van der Waals surface area (Å²) in [5.74, 6) is -3.85. The Hall–Kier alpha value is -1.05. The largest absolute Gasteiger partial charge is 0.417 e. The minimum Gasteiger partial charge on any atom is -0.288 e. The molecule has 17 heavy (non-hydrogen) atoms. The van der Waals surface area contributed by atoms with Crippen molar-refractivity contribution >= 4 is 21.7 Å². The molecule has 1 rings (SSSR count). The molecule has 0 saturated carbocycles. The fourth-order valence-corrected chi connectivity index (χ4v) is 1.47. The maximum absolute atomic E-state index is 13.3. The van der Waals surface area contributed by atoms with Gasteiger partial charge in [0.05, 0.1) is 15.6 Å². The number of Topliss-reactive ketones (excluding diaryl/α,β-unsaturated/α-hetero) is 1. The Morgan fingerprint density at radius 2 is 1.76 bits per heavy atom. The summed E-state index contributed by atoms with van der Waals surface area (Å²) in [5.41, 5.74) is -3.37. The lowest BCUT2D eigenvalue weighted by atomic mass is 10.0. The molecule has 0 aliphatic heterocycles. The highest BCUT2D eigenvalue weighted by molar-refractivity contribution is 9.10. The van der Waals surface area contributed by atoms with Crippen LogP contribution in [0.2, 0.25) is 0 Å². The molecule has 0 heterocycles. The van der Waals surface area contributed by atoms with Crippen molar-refractivity contribution in [3.05, 3.63) is 33.5 Å². The van der Waals surface area contributed by atoms with Crippen molar-refractivity contribution < 1.29 is 31.1 Å². The molecule has 0 unspecified atom stereocenters. The van der Waals surface area contributed by atoms with Gasteiger partial charge in [-0.25, -0.2) is 13.2 Å². The molecule has 0 radical (unpaired) electrons. The number of halogens is 7. The summed E-state index contributed by atoms with van der Waals surface area (Å²) in [7, 11) is 0. The zero-order chi connectivity index (χ0) is 13.4. The van der Waals surface area contributed by atoms with Gasteiger partial charge < -0.3 is 0 Å². The molecule has 1 aromatic carbocycles. The molecule has 0 saturated heterocycles. The van der Waals surface area contributed by atoms with E-state index in [2.05, 4.69) is 15.9 Å². The summed E-state index contributed by atoms with van der Waals surface area (Å²) in [6.07, 6.45) is -8.79. The van der Waals surface area contributed by atoms with Gasteiger partial charge in [-0.05, 0) is 28.1 Å². The Morgan fingerprint density at radius 1 is 1.24 bits per heavy atom. The number of hydrogen-bond donors (Lipinski definition) is 0. The fourth-order valence-electron chi connectivity index (χ4n) is 1.14. The lowest BCUT2D eigenvalue weighted by molar-refractivity contribution is -0.138. The van der Waals surface area contributed by atoms with E-state index >= 15 is 0 Å². The first-order valence-electron chi connectivity index (χ1n) is 4.03. The van der Waals surface area contributed by atoms with Crippen molar-refractivity contribution in [2.45, 2.75) is 12.6 Å². The topological polar surface area (TPSA) is 17.1 Å². The number of benzene rings is 1. The summed E-state index contributed by atoms with van der Waals surface area (Å²) >= 11 is 2.52. The van der Waals surface area contributed by atoms with Crippen molar-refractivity contribution in [1.29, 1.82) is 0 Å². The second-order valence-corrected chi connectivity index (χ2v) is 3.80. The van der Waals surface area contributed by atoms with Crippen LogP contribution >= 0.6 is 15.9 Å². The number of ketones is 1. The first-order chi connectivity index (χ1) is 7.66. The minimum absolute atomic E-state index is 0.364. The molecule has 0 spiro atoms. The van der Waals surface area contributed by atoms with Crippen LogP contribution < -0.4 is 0 Å². The van der Waals surface area contributed by atoms with E-state index in [4.69, 9.17) is 0 Å². The predicted octanol–water partition coefficient (Wildman–Crippen LogP) is 4.05. The Balaban J connectivity index is 3.53. The van der Waals surface area contributed by atoms with E-state index in [1.807, 2.05) is 0 Å².